The maximum absolute atomic E-state index is 12.7. The van der Waals surface area contributed by atoms with Gasteiger partial charge < -0.3 is 4.74 Å². The first-order valence-corrected chi connectivity index (χ1v) is 7.60. The van der Waals surface area contributed by atoms with Crippen LogP contribution in [0, 0.1) is 15.4 Å². The van der Waals surface area contributed by atoms with Crippen molar-refractivity contribution in [2.24, 2.45) is 11.8 Å². The van der Waals surface area contributed by atoms with Crippen LogP contribution in [0.25, 0.3) is 0 Å². The molecule has 0 N–H and O–H groups in total. The van der Waals surface area contributed by atoms with Crippen molar-refractivity contribution in [2.45, 2.75) is 18.6 Å². The standard InChI is InChI=1S/C15H12INO3/c1-15-6-5-10(20-15)11-12(15)14(19)17(13(11)18)9-4-2-3-8(16)7-9/h2-7,10-12H,1H3. The molecule has 2 fully saturated rings. The molecule has 0 spiro atoms. The van der Waals surface area contributed by atoms with Crippen molar-refractivity contribution in [3.8, 4) is 0 Å². The lowest BCUT2D eigenvalue weighted by Gasteiger charge is -2.24. The van der Waals surface area contributed by atoms with E-state index in [1.54, 1.807) is 6.07 Å². The molecule has 4 unspecified atom stereocenters. The molecule has 5 heteroatoms. The second kappa shape index (κ2) is 3.92. The van der Waals surface area contributed by atoms with Gasteiger partial charge in [0.1, 0.15) is 0 Å². The predicted octanol–water partition coefficient (Wildman–Crippen LogP) is 2.12. The molecule has 2 saturated heterocycles. The van der Waals surface area contributed by atoms with Crippen molar-refractivity contribution in [1.82, 2.24) is 0 Å². The Morgan fingerprint density at radius 2 is 2.10 bits per heavy atom. The molecule has 3 aliphatic rings. The summed E-state index contributed by atoms with van der Waals surface area (Å²) in [4.78, 5) is 26.7. The van der Waals surface area contributed by atoms with Crippen molar-refractivity contribution < 1.29 is 14.3 Å². The van der Waals surface area contributed by atoms with Gasteiger partial charge in [-0.25, -0.2) is 4.90 Å². The number of nitrogens with zero attached hydrogens (tertiary/aromatic N) is 1. The molecule has 0 radical (unpaired) electrons. The van der Waals surface area contributed by atoms with E-state index in [9.17, 15) is 9.59 Å². The quantitative estimate of drug-likeness (QED) is 0.426. The fraction of sp³-hybridized carbons (Fsp3) is 0.333. The summed E-state index contributed by atoms with van der Waals surface area (Å²) in [5.74, 6) is -1.03. The number of halogens is 1. The number of imide groups is 1. The van der Waals surface area contributed by atoms with Crippen LogP contribution in [0.3, 0.4) is 0 Å². The largest absolute Gasteiger partial charge is 0.362 e. The zero-order valence-electron chi connectivity index (χ0n) is 10.7. The zero-order chi connectivity index (χ0) is 14.1. The summed E-state index contributed by atoms with van der Waals surface area (Å²) in [5, 5.41) is 0. The van der Waals surface area contributed by atoms with Crippen LogP contribution in [0.15, 0.2) is 36.4 Å². The normalized spacial score (nSPS) is 37.9. The first kappa shape index (κ1) is 12.5. The minimum atomic E-state index is -0.626. The van der Waals surface area contributed by atoms with E-state index in [2.05, 4.69) is 22.6 Å². The van der Waals surface area contributed by atoms with Crippen LogP contribution < -0.4 is 4.90 Å². The number of hydrogen-bond donors (Lipinski definition) is 0. The third kappa shape index (κ3) is 1.45. The zero-order valence-corrected chi connectivity index (χ0v) is 12.9. The molecule has 3 aliphatic heterocycles. The number of rotatable bonds is 1. The Bertz CT molecular complexity index is 671. The number of carbonyl (C=O) groups excluding carboxylic acids is 2. The summed E-state index contributed by atoms with van der Waals surface area (Å²) in [7, 11) is 0. The molecular formula is C15H12INO3. The summed E-state index contributed by atoms with van der Waals surface area (Å²) in [5.41, 5.74) is 0.0305. The minimum Gasteiger partial charge on any atom is -0.362 e. The highest BCUT2D eigenvalue weighted by Crippen LogP contribution is 2.52. The van der Waals surface area contributed by atoms with Crippen LogP contribution in [0.1, 0.15) is 6.92 Å². The highest BCUT2D eigenvalue weighted by molar-refractivity contribution is 14.1. The smallest absolute Gasteiger partial charge is 0.241 e. The number of hydrogen-bond acceptors (Lipinski definition) is 3. The third-order valence-electron chi connectivity index (χ3n) is 4.40. The van der Waals surface area contributed by atoms with Gasteiger partial charge in [0.2, 0.25) is 11.8 Å². The van der Waals surface area contributed by atoms with Crippen LogP contribution in [-0.4, -0.2) is 23.5 Å². The van der Waals surface area contributed by atoms with Gasteiger partial charge in [0.25, 0.3) is 0 Å². The Labute approximate surface area is 129 Å². The Kier molecular flexibility index (Phi) is 2.45. The molecule has 2 bridgehead atoms. The summed E-state index contributed by atoms with van der Waals surface area (Å²) >= 11 is 2.18. The van der Waals surface area contributed by atoms with Gasteiger partial charge in [-0.05, 0) is 47.7 Å². The maximum atomic E-state index is 12.7. The Morgan fingerprint density at radius 1 is 1.30 bits per heavy atom. The highest BCUT2D eigenvalue weighted by Gasteiger charge is 2.65. The van der Waals surface area contributed by atoms with Gasteiger partial charge in [-0.15, -0.1) is 0 Å². The fourth-order valence-corrected chi connectivity index (χ4v) is 4.05. The number of amides is 2. The molecule has 4 atom stereocenters. The molecule has 0 aliphatic carbocycles. The molecule has 20 heavy (non-hydrogen) atoms. The number of anilines is 1. The summed E-state index contributed by atoms with van der Waals surface area (Å²) in [6.45, 7) is 1.89. The fourth-order valence-electron chi connectivity index (χ4n) is 3.52. The predicted molar refractivity (Wildman–Crippen MR) is 81.1 cm³/mol. The Hall–Kier alpha value is -1.21. The molecule has 0 saturated carbocycles. The van der Waals surface area contributed by atoms with E-state index in [0.717, 1.165) is 3.57 Å². The van der Waals surface area contributed by atoms with Crippen LogP contribution in [0.2, 0.25) is 0 Å². The number of ether oxygens (including phenoxy) is 1. The van der Waals surface area contributed by atoms with Gasteiger partial charge in [0.15, 0.2) is 0 Å². The second-order valence-corrected chi connectivity index (χ2v) is 6.87. The maximum Gasteiger partial charge on any atom is 0.241 e. The topological polar surface area (TPSA) is 46.6 Å². The van der Waals surface area contributed by atoms with E-state index in [1.165, 1.54) is 4.90 Å². The van der Waals surface area contributed by atoms with E-state index in [1.807, 2.05) is 37.3 Å². The van der Waals surface area contributed by atoms with Gasteiger partial charge in [0.05, 0.1) is 29.2 Å². The summed E-state index contributed by atoms with van der Waals surface area (Å²) < 4.78 is 6.80. The number of benzene rings is 1. The van der Waals surface area contributed by atoms with Crippen molar-refractivity contribution in [3.63, 3.8) is 0 Å². The monoisotopic (exact) mass is 381 g/mol. The van der Waals surface area contributed by atoms with Gasteiger partial charge in [0, 0.05) is 3.57 Å². The Morgan fingerprint density at radius 3 is 2.80 bits per heavy atom. The molecule has 4 rings (SSSR count). The minimum absolute atomic E-state index is 0.139. The molecule has 0 aromatic heterocycles. The second-order valence-electron chi connectivity index (χ2n) is 5.62. The van der Waals surface area contributed by atoms with Crippen LogP contribution in [0.4, 0.5) is 5.69 Å². The van der Waals surface area contributed by atoms with Crippen LogP contribution >= 0.6 is 22.6 Å². The summed E-state index contributed by atoms with van der Waals surface area (Å²) in [6, 6.07) is 7.45. The molecule has 4 nitrogen and oxygen atoms in total. The first-order valence-electron chi connectivity index (χ1n) is 6.52. The van der Waals surface area contributed by atoms with Gasteiger partial charge in [-0.3, -0.25) is 9.59 Å². The van der Waals surface area contributed by atoms with Crippen molar-refractivity contribution in [3.05, 3.63) is 40.0 Å². The first-order chi connectivity index (χ1) is 9.51. The van der Waals surface area contributed by atoms with E-state index in [0.29, 0.717) is 5.69 Å². The average Bonchev–Trinajstić information content (AvgIpc) is 2.99. The van der Waals surface area contributed by atoms with Gasteiger partial charge in [-0.1, -0.05) is 18.2 Å². The van der Waals surface area contributed by atoms with E-state index in [4.69, 9.17) is 4.74 Å². The lowest BCUT2D eigenvalue weighted by atomic mass is 9.78. The molecular weight excluding hydrogens is 369 g/mol. The van der Waals surface area contributed by atoms with E-state index in [-0.39, 0.29) is 29.8 Å². The SMILES string of the molecule is CC12C=CC(O1)C1C(=O)N(c3cccc(I)c3)C(=O)C12. The summed E-state index contributed by atoms with van der Waals surface area (Å²) in [6.07, 6.45) is 3.57. The Balaban J connectivity index is 1.79. The van der Waals surface area contributed by atoms with Crippen LogP contribution in [-0.2, 0) is 14.3 Å². The van der Waals surface area contributed by atoms with Crippen molar-refractivity contribution in [1.29, 1.82) is 0 Å². The third-order valence-corrected chi connectivity index (χ3v) is 5.07. The van der Waals surface area contributed by atoms with E-state index < -0.39 is 5.60 Å². The molecule has 3 heterocycles. The average molecular weight is 381 g/mol. The molecule has 102 valence electrons. The molecule has 1 aromatic carbocycles. The van der Waals surface area contributed by atoms with Crippen LogP contribution in [0.5, 0.6) is 0 Å². The van der Waals surface area contributed by atoms with Gasteiger partial charge in [-0.2, -0.15) is 0 Å². The molecule has 2 amide bonds. The van der Waals surface area contributed by atoms with Crippen molar-refractivity contribution >= 4 is 40.1 Å². The highest BCUT2D eigenvalue weighted by atomic mass is 127. The number of carbonyl (C=O) groups is 2. The van der Waals surface area contributed by atoms with Gasteiger partial charge >= 0.3 is 0 Å². The van der Waals surface area contributed by atoms with Crippen molar-refractivity contribution in [2.75, 3.05) is 4.90 Å². The molecule has 1 aromatic rings. The lowest BCUT2D eigenvalue weighted by molar-refractivity contribution is -0.126. The number of fused-ring (bicyclic) bond motifs is 5. The van der Waals surface area contributed by atoms with E-state index >= 15 is 0 Å². The lowest BCUT2D eigenvalue weighted by Crippen LogP contribution is -2.38.